The smallest absolute Gasteiger partial charge is 0.243 e. The highest BCUT2D eigenvalue weighted by Gasteiger charge is 2.36. The van der Waals surface area contributed by atoms with Crippen LogP contribution in [0.15, 0.2) is 53.4 Å². The van der Waals surface area contributed by atoms with Gasteiger partial charge >= 0.3 is 0 Å². The second-order valence-corrected chi connectivity index (χ2v) is 8.07. The Morgan fingerprint density at radius 1 is 1.08 bits per heavy atom. The molecule has 0 spiro atoms. The van der Waals surface area contributed by atoms with Crippen molar-refractivity contribution in [1.82, 2.24) is 9.21 Å². The molecule has 1 unspecified atom stereocenters. The molecule has 0 bridgehead atoms. The molecular weight excluding hydrogens is 327 g/mol. The highest BCUT2D eigenvalue weighted by atomic mass is 32.2. The van der Waals surface area contributed by atoms with Crippen molar-refractivity contribution in [2.24, 2.45) is 0 Å². The van der Waals surface area contributed by atoms with Gasteiger partial charge in [0.2, 0.25) is 10.0 Å². The number of nitrogens with zero attached hydrogens (tertiary/aromatic N) is 2. The largest absolute Gasteiger partial charge is 0.303 e. The van der Waals surface area contributed by atoms with Crippen LogP contribution < -0.4 is 0 Å². The Bertz CT molecular complexity index is 824. The van der Waals surface area contributed by atoms with Gasteiger partial charge in [-0.2, -0.15) is 4.31 Å². The van der Waals surface area contributed by atoms with Gasteiger partial charge in [-0.1, -0.05) is 30.3 Å². The monoisotopic (exact) mass is 348 g/mol. The molecule has 0 aliphatic carbocycles. The van der Waals surface area contributed by atoms with Gasteiger partial charge in [0.05, 0.1) is 10.9 Å². The third-order valence-corrected chi connectivity index (χ3v) is 6.51. The summed E-state index contributed by atoms with van der Waals surface area (Å²) in [7, 11) is -1.70. The van der Waals surface area contributed by atoms with Crippen molar-refractivity contribution < 1.29 is 12.8 Å². The quantitative estimate of drug-likeness (QED) is 0.856. The van der Waals surface area contributed by atoms with Crippen LogP contribution in [-0.2, 0) is 10.0 Å². The molecule has 1 fully saturated rings. The number of aryl methyl sites for hydroxylation is 1. The predicted molar refractivity (Wildman–Crippen MR) is 91.7 cm³/mol. The average molecular weight is 348 g/mol. The Balaban J connectivity index is 2.04. The molecule has 128 valence electrons. The van der Waals surface area contributed by atoms with Crippen LogP contribution in [0.3, 0.4) is 0 Å². The third-order valence-electron chi connectivity index (χ3n) is 4.44. The van der Waals surface area contributed by atoms with Crippen molar-refractivity contribution in [2.45, 2.75) is 17.9 Å². The molecular formula is C18H21FN2O2S. The van der Waals surface area contributed by atoms with E-state index in [1.54, 1.807) is 11.2 Å². The maximum absolute atomic E-state index is 13.4. The van der Waals surface area contributed by atoms with Gasteiger partial charge in [-0.3, -0.25) is 0 Å². The number of benzene rings is 2. The lowest BCUT2D eigenvalue weighted by Gasteiger charge is -2.39. The second-order valence-electron chi connectivity index (χ2n) is 6.21. The minimum absolute atomic E-state index is 0.175. The van der Waals surface area contributed by atoms with Crippen LogP contribution in [0, 0.1) is 12.7 Å². The number of halogens is 1. The minimum Gasteiger partial charge on any atom is -0.303 e. The van der Waals surface area contributed by atoms with Gasteiger partial charge < -0.3 is 4.90 Å². The van der Waals surface area contributed by atoms with Crippen molar-refractivity contribution >= 4 is 10.0 Å². The molecule has 6 heteroatoms. The van der Waals surface area contributed by atoms with E-state index in [4.69, 9.17) is 0 Å². The fraction of sp³-hybridized carbons (Fsp3) is 0.333. The standard InChI is InChI=1S/C18H21FN2O2S/c1-14-12-16(19)8-9-18(14)24(22,23)21-11-10-20(2)13-17(21)15-6-4-3-5-7-15/h3-9,12,17H,10-11,13H2,1-2H3. The molecule has 1 saturated heterocycles. The van der Waals surface area contributed by atoms with Crippen LogP contribution in [0.5, 0.6) is 0 Å². The molecule has 4 nitrogen and oxygen atoms in total. The van der Waals surface area contributed by atoms with Gasteiger partial charge in [0.25, 0.3) is 0 Å². The summed E-state index contributed by atoms with van der Waals surface area (Å²) >= 11 is 0. The van der Waals surface area contributed by atoms with Crippen molar-refractivity contribution in [3.63, 3.8) is 0 Å². The first-order valence-electron chi connectivity index (χ1n) is 7.91. The minimum atomic E-state index is -3.69. The number of likely N-dealkylation sites (N-methyl/N-ethyl adjacent to an activating group) is 1. The van der Waals surface area contributed by atoms with E-state index in [1.165, 1.54) is 18.2 Å². The van der Waals surface area contributed by atoms with Gasteiger partial charge in [-0.05, 0) is 43.3 Å². The molecule has 0 N–H and O–H groups in total. The lowest BCUT2D eigenvalue weighted by Crippen LogP contribution is -2.49. The number of hydrogen-bond acceptors (Lipinski definition) is 3. The fourth-order valence-corrected chi connectivity index (χ4v) is 4.97. The van der Waals surface area contributed by atoms with Crippen LogP contribution in [0.2, 0.25) is 0 Å². The van der Waals surface area contributed by atoms with E-state index in [1.807, 2.05) is 37.4 Å². The molecule has 24 heavy (non-hydrogen) atoms. The molecule has 1 aliphatic heterocycles. The van der Waals surface area contributed by atoms with Crippen LogP contribution in [0.4, 0.5) is 4.39 Å². The van der Waals surface area contributed by atoms with Gasteiger partial charge in [-0.15, -0.1) is 0 Å². The summed E-state index contributed by atoms with van der Waals surface area (Å²) in [6.45, 7) is 3.34. The van der Waals surface area contributed by atoms with E-state index >= 15 is 0 Å². The molecule has 0 amide bonds. The number of hydrogen-bond donors (Lipinski definition) is 0. The number of piperazine rings is 1. The highest BCUT2D eigenvalue weighted by Crippen LogP contribution is 2.32. The molecule has 3 rings (SSSR count). The molecule has 0 aromatic heterocycles. The summed E-state index contributed by atoms with van der Waals surface area (Å²) in [6, 6.07) is 13.2. The Kier molecular flexibility index (Phi) is 4.71. The van der Waals surface area contributed by atoms with Gasteiger partial charge in [0.15, 0.2) is 0 Å². The SMILES string of the molecule is Cc1cc(F)ccc1S(=O)(=O)N1CCN(C)CC1c1ccccc1. The van der Waals surface area contributed by atoms with E-state index in [9.17, 15) is 12.8 Å². The van der Waals surface area contributed by atoms with E-state index < -0.39 is 15.8 Å². The maximum Gasteiger partial charge on any atom is 0.243 e. The van der Waals surface area contributed by atoms with E-state index in [-0.39, 0.29) is 10.9 Å². The summed E-state index contributed by atoms with van der Waals surface area (Å²) in [5.41, 5.74) is 1.40. The van der Waals surface area contributed by atoms with Crippen molar-refractivity contribution in [3.05, 3.63) is 65.5 Å². The molecule has 1 heterocycles. The lowest BCUT2D eigenvalue weighted by atomic mass is 10.1. The zero-order valence-electron chi connectivity index (χ0n) is 13.8. The van der Waals surface area contributed by atoms with Gasteiger partial charge in [0, 0.05) is 19.6 Å². The van der Waals surface area contributed by atoms with E-state index in [0.29, 0.717) is 25.2 Å². The van der Waals surface area contributed by atoms with Crippen LogP contribution in [0.25, 0.3) is 0 Å². The van der Waals surface area contributed by atoms with Crippen molar-refractivity contribution in [1.29, 1.82) is 0 Å². The fourth-order valence-electron chi connectivity index (χ4n) is 3.17. The topological polar surface area (TPSA) is 40.6 Å². The summed E-state index contributed by atoms with van der Waals surface area (Å²) in [5.74, 6) is -0.426. The first-order valence-corrected chi connectivity index (χ1v) is 9.35. The normalized spacial score (nSPS) is 20.2. The van der Waals surface area contributed by atoms with E-state index in [0.717, 1.165) is 5.56 Å². The van der Waals surface area contributed by atoms with E-state index in [2.05, 4.69) is 4.90 Å². The molecule has 1 atom stereocenters. The van der Waals surface area contributed by atoms with Crippen LogP contribution >= 0.6 is 0 Å². The maximum atomic E-state index is 13.4. The molecule has 2 aromatic carbocycles. The summed E-state index contributed by atoms with van der Waals surface area (Å²) in [5, 5.41) is 0. The second kappa shape index (κ2) is 6.63. The number of sulfonamides is 1. The van der Waals surface area contributed by atoms with Gasteiger partial charge in [0.1, 0.15) is 5.82 Å². The summed E-state index contributed by atoms with van der Waals surface area (Å²) in [4.78, 5) is 2.30. The lowest BCUT2D eigenvalue weighted by molar-refractivity contribution is 0.160. The summed E-state index contributed by atoms with van der Waals surface area (Å²) in [6.07, 6.45) is 0. The summed E-state index contributed by atoms with van der Waals surface area (Å²) < 4.78 is 41.3. The van der Waals surface area contributed by atoms with Crippen LogP contribution in [-0.4, -0.2) is 44.3 Å². The average Bonchev–Trinajstić information content (AvgIpc) is 2.55. The first kappa shape index (κ1) is 17.1. The predicted octanol–water partition coefficient (Wildman–Crippen LogP) is 2.81. The zero-order chi connectivity index (χ0) is 17.3. The Morgan fingerprint density at radius 2 is 1.79 bits per heavy atom. The van der Waals surface area contributed by atoms with Crippen LogP contribution in [0.1, 0.15) is 17.2 Å². The van der Waals surface area contributed by atoms with Gasteiger partial charge in [-0.25, -0.2) is 12.8 Å². The molecule has 2 aromatic rings. The first-order chi connectivity index (χ1) is 11.4. The van der Waals surface area contributed by atoms with Crippen molar-refractivity contribution in [2.75, 3.05) is 26.7 Å². The molecule has 0 radical (unpaired) electrons. The molecule has 0 saturated carbocycles. The Hall–Kier alpha value is -1.76. The number of rotatable bonds is 3. The Labute approximate surface area is 142 Å². The van der Waals surface area contributed by atoms with Crippen molar-refractivity contribution in [3.8, 4) is 0 Å². The highest BCUT2D eigenvalue weighted by molar-refractivity contribution is 7.89. The zero-order valence-corrected chi connectivity index (χ0v) is 14.6. The Morgan fingerprint density at radius 3 is 2.46 bits per heavy atom. The third kappa shape index (κ3) is 3.22. The molecule has 1 aliphatic rings.